The molecule has 0 fully saturated rings. The van der Waals surface area contributed by atoms with E-state index in [-0.39, 0.29) is 0 Å². The molecule has 1 atom stereocenters. The number of rotatable bonds is 4. The molecular weight excluding hydrogens is 545 g/mol. The summed E-state index contributed by atoms with van der Waals surface area (Å²) in [5.74, 6) is 0. The fourth-order valence-corrected chi connectivity index (χ4v) is 10.4. The van der Waals surface area contributed by atoms with Crippen LogP contribution in [0.4, 0.5) is 0 Å². The summed E-state index contributed by atoms with van der Waals surface area (Å²) in [6.45, 7) is 0. The zero-order valence-electron chi connectivity index (χ0n) is 22.8. The van der Waals surface area contributed by atoms with Gasteiger partial charge in [0.2, 0.25) is 0 Å². The van der Waals surface area contributed by atoms with E-state index in [1.54, 1.807) is 0 Å². The highest BCUT2D eigenvalue weighted by atomic mass is 32.4. The van der Waals surface area contributed by atoms with Crippen LogP contribution in [0.1, 0.15) is 0 Å². The van der Waals surface area contributed by atoms with E-state index < -0.39 is 6.04 Å². The first-order chi connectivity index (χ1) is 20.7. The van der Waals surface area contributed by atoms with Crippen LogP contribution in [0.5, 0.6) is 0 Å². The van der Waals surface area contributed by atoms with E-state index in [0.29, 0.717) is 0 Å². The zero-order valence-corrected chi connectivity index (χ0v) is 24.5. The third-order valence-electron chi connectivity index (χ3n) is 8.36. The highest BCUT2D eigenvalue weighted by Crippen LogP contribution is 2.45. The number of fused-ring (bicyclic) bond motifs is 6. The van der Waals surface area contributed by atoms with Gasteiger partial charge in [-0.05, 0) is 60.8 Å². The van der Waals surface area contributed by atoms with Crippen molar-refractivity contribution in [2.45, 2.75) is 0 Å². The minimum Gasteiger partial charge on any atom is -0.256 e. The molecule has 0 N–H and O–H groups in total. The van der Waals surface area contributed by atoms with Crippen molar-refractivity contribution in [2.75, 3.05) is 0 Å². The van der Waals surface area contributed by atoms with Crippen LogP contribution in [0, 0.1) is 0 Å². The number of hydrogen-bond acceptors (Lipinski definition) is 2. The van der Waals surface area contributed by atoms with Gasteiger partial charge in [0.25, 0.3) is 0 Å². The second kappa shape index (κ2) is 10.0. The van der Waals surface area contributed by atoms with Crippen molar-refractivity contribution in [1.29, 1.82) is 0 Å². The standard InChI is InChI=1S/C39H26NPS/c42-41(31-14-2-1-3-15-31,37-18-8-12-27-10-4-6-16-33(27)37)32-22-19-29(20-23-32)36-26-30-13-9-25-40-39(30)38-34-17-7-5-11-28(34)21-24-35(36)38/h1-26H. The van der Waals surface area contributed by atoms with E-state index in [9.17, 15) is 0 Å². The van der Waals surface area contributed by atoms with Crippen LogP contribution in [-0.2, 0) is 11.8 Å². The summed E-state index contributed by atoms with van der Waals surface area (Å²) in [5, 5.41) is 12.1. The van der Waals surface area contributed by atoms with Gasteiger partial charge >= 0.3 is 0 Å². The predicted molar refractivity (Wildman–Crippen MR) is 186 cm³/mol. The molecule has 0 amide bonds. The Bertz CT molecular complexity index is 2300. The summed E-state index contributed by atoms with van der Waals surface area (Å²) in [5.41, 5.74) is 3.43. The molecule has 0 aliphatic heterocycles. The molecule has 198 valence electrons. The second-order valence-electron chi connectivity index (χ2n) is 10.7. The number of nitrogens with zero attached hydrogens (tertiary/aromatic N) is 1. The number of benzene rings is 7. The molecule has 8 rings (SSSR count). The fraction of sp³-hybridized carbons (Fsp3) is 0. The van der Waals surface area contributed by atoms with E-state index in [1.165, 1.54) is 59.4 Å². The number of pyridine rings is 1. The van der Waals surface area contributed by atoms with Gasteiger partial charge in [-0.25, -0.2) is 0 Å². The smallest absolute Gasteiger partial charge is 0.0786 e. The Morgan fingerprint density at radius 2 is 1.12 bits per heavy atom. The molecule has 0 radical (unpaired) electrons. The maximum absolute atomic E-state index is 6.78. The van der Waals surface area contributed by atoms with Crippen molar-refractivity contribution < 1.29 is 0 Å². The summed E-state index contributed by atoms with van der Waals surface area (Å²) in [6.07, 6.45) is 1.89. The Morgan fingerprint density at radius 3 is 1.93 bits per heavy atom. The Balaban J connectivity index is 1.36. The molecule has 3 heteroatoms. The van der Waals surface area contributed by atoms with E-state index in [0.717, 1.165) is 10.9 Å². The maximum atomic E-state index is 6.78. The van der Waals surface area contributed by atoms with E-state index in [4.69, 9.17) is 16.8 Å². The molecule has 1 heterocycles. The van der Waals surface area contributed by atoms with Crippen LogP contribution in [0.2, 0.25) is 0 Å². The second-order valence-corrected chi connectivity index (χ2v) is 15.1. The van der Waals surface area contributed by atoms with E-state index in [1.807, 2.05) is 12.3 Å². The summed E-state index contributed by atoms with van der Waals surface area (Å²) in [7, 11) is 0. The third-order valence-corrected chi connectivity index (χ3v) is 13.3. The van der Waals surface area contributed by atoms with Gasteiger partial charge in [-0.2, -0.15) is 0 Å². The largest absolute Gasteiger partial charge is 0.256 e. The van der Waals surface area contributed by atoms with E-state index >= 15 is 0 Å². The average Bonchev–Trinajstić information content (AvgIpc) is 3.07. The molecule has 0 bridgehead atoms. The third kappa shape index (κ3) is 3.91. The molecule has 7 aromatic carbocycles. The minimum absolute atomic E-state index is 1.04. The number of aromatic nitrogens is 1. The highest BCUT2D eigenvalue weighted by molar-refractivity contribution is 8.25. The molecule has 0 aliphatic rings. The Labute approximate surface area is 250 Å². The normalized spacial score (nSPS) is 13.0. The first-order valence-electron chi connectivity index (χ1n) is 14.2. The van der Waals surface area contributed by atoms with Crippen LogP contribution < -0.4 is 15.9 Å². The predicted octanol–water partition coefficient (Wildman–Crippen LogP) is 9.12. The van der Waals surface area contributed by atoms with Crippen LogP contribution in [0.3, 0.4) is 0 Å². The van der Waals surface area contributed by atoms with Gasteiger partial charge in [0.1, 0.15) is 0 Å². The molecule has 0 saturated carbocycles. The van der Waals surface area contributed by atoms with Gasteiger partial charge in [-0.3, -0.25) is 4.98 Å². The van der Waals surface area contributed by atoms with Crippen LogP contribution in [-0.4, -0.2) is 4.98 Å². The molecule has 42 heavy (non-hydrogen) atoms. The van der Waals surface area contributed by atoms with Gasteiger partial charge < -0.3 is 0 Å². The van der Waals surface area contributed by atoms with Gasteiger partial charge in [0.05, 0.1) is 5.52 Å². The van der Waals surface area contributed by atoms with Crippen molar-refractivity contribution in [3.8, 4) is 11.1 Å². The molecule has 8 aromatic rings. The van der Waals surface area contributed by atoms with Gasteiger partial charge in [0.15, 0.2) is 0 Å². The van der Waals surface area contributed by atoms with Crippen LogP contribution in [0.25, 0.3) is 54.3 Å². The molecule has 0 saturated heterocycles. The topological polar surface area (TPSA) is 12.9 Å². The highest BCUT2D eigenvalue weighted by Gasteiger charge is 2.26. The first kappa shape index (κ1) is 25.1. The Kier molecular flexibility index (Phi) is 6.00. The first-order valence-corrected chi connectivity index (χ1v) is 17.0. The molecule has 1 nitrogen and oxygen atoms in total. The van der Waals surface area contributed by atoms with Gasteiger partial charge in [-0.1, -0.05) is 151 Å². The summed E-state index contributed by atoms with van der Waals surface area (Å²) in [6, 6.07) is 52.1. The zero-order chi connectivity index (χ0) is 28.1. The molecule has 1 unspecified atom stereocenters. The summed E-state index contributed by atoms with van der Waals surface area (Å²) in [4.78, 5) is 4.82. The minimum atomic E-state index is -2.33. The van der Waals surface area contributed by atoms with Crippen molar-refractivity contribution >= 4 is 77.0 Å². The monoisotopic (exact) mass is 571 g/mol. The Hall–Kier alpha value is -4.62. The lowest BCUT2D eigenvalue weighted by Crippen LogP contribution is -2.25. The number of hydrogen-bond donors (Lipinski definition) is 0. The lowest BCUT2D eigenvalue weighted by molar-refractivity contribution is 1.43. The van der Waals surface area contributed by atoms with Crippen molar-refractivity contribution in [3.05, 3.63) is 158 Å². The quantitative estimate of drug-likeness (QED) is 0.154. The SMILES string of the molecule is S=P(c1ccccc1)(c1ccc(-c2cc3cccnc3c3c2ccc2ccccc23)cc1)c1cccc2ccccc12. The summed E-state index contributed by atoms with van der Waals surface area (Å²) < 4.78 is 0. The average molecular weight is 572 g/mol. The van der Waals surface area contributed by atoms with Crippen molar-refractivity contribution in [1.82, 2.24) is 4.98 Å². The lowest BCUT2D eigenvalue weighted by Gasteiger charge is -2.26. The lowest BCUT2D eigenvalue weighted by atomic mass is 9.92. The fourth-order valence-electron chi connectivity index (χ4n) is 6.37. The molecule has 1 aromatic heterocycles. The molecular formula is C39H26NPS. The maximum Gasteiger partial charge on any atom is 0.0786 e. The molecule has 0 spiro atoms. The van der Waals surface area contributed by atoms with E-state index in [2.05, 4.69) is 146 Å². The molecule has 0 aliphatic carbocycles. The van der Waals surface area contributed by atoms with Gasteiger partial charge in [-0.15, -0.1) is 0 Å². The van der Waals surface area contributed by atoms with Crippen LogP contribution >= 0.6 is 6.04 Å². The summed E-state index contributed by atoms with van der Waals surface area (Å²) >= 11 is 6.78. The van der Waals surface area contributed by atoms with Crippen LogP contribution in [0.15, 0.2) is 158 Å². The Morgan fingerprint density at radius 1 is 0.476 bits per heavy atom. The van der Waals surface area contributed by atoms with Gasteiger partial charge in [0, 0.05) is 28.3 Å². The van der Waals surface area contributed by atoms with Crippen molar-refractivity contribution in [2.24, 2.45) is 0 Å². The van der Waals surface area contributed by atoms with Crippen molar-refractivity contribution in [3.63, 3.8) is 0 Å².